The molecule has 0 radical (unpaired) electrons. The number of aromatic nitrogens is 1. The Hall–Kier alpha value is -2.61. The van der Waals surface area contributed by atoms with E-state index < -0.39 is 0 Å². The highest BCUT2D eigenvalue weighted by molar-refractivity contribution is 6.42. The number of pyridine rings is 1. The number of rotatable bonds is 10. The number of aliphatic hydroxyl groups excluding tert-OH is 1. The van der Waals surface area contributed by atoms with Crippen molar-refractivity contribution in [2.24, 2.45) is 0 Å². The van der Waals surface area contributed by atoms with Crippen LogP contribution in [0.4, 0.5) is 0 Å². The predicted octanol–water partition coefficient (Wildman–Crippen LogP) is 2.75. The molecule has 0 saturated carbocycles. The van der Waals surface area contributed by atoms with Crippen LogP contribution < -0.4 is 15.4 Å². The van der Waals surface area contributed by atoms with Gasteiger partial charge in [-0.05, 0) is 36.2 Å². The average Bonchev–Trinajstić information content (AvgIpc) is 2.69. The van der Waals surface area contributed by atoms with Gasteiger partial charge >= 0.3 is 0 Å². The molecule has 0 bridgehead atoms. The molecule has 0 saturated heterocycles. The van der Waals surface area contributed by atoms with Crippen LogP contribution in [0.3, 0.4) is 0 Å². The van der Waals surface area contributed by atoms with Gasteiger partial charge in [-0.25, -0.2) is 0 Å². The first-order valence-corrected chi connectivity index (χ1v) is 9.54. The smallest absolute Gasteiger partial charge is 0.269 e. The van der Waals surface area contributed by atoms with Gasteiger partial charge in [0.2, 0.25) is 0 Å². The zero-order valence-corrected chi connectivity index (χ0v) is 17.1. The van der Waals surface area contributed by atoms with Crippen molar-refractivity contribution >= 4 is 35.0 Å². The Morgan fingerprint density at radius 3 is 2.69 bits per heavy atom. The molecule has 0 atom stereocenters. The van der Waals surface area contributed by atoms with Crippen molar-refractivity contribution in [3.05, 3.63) is 70.1 Å². The van der Waals surface area contributed by atoms with Crippen molar-refractivity contribution < 1.29 is 19.4 Å². The van der Waals surface area contributed by atoms with Crippen LogP contribution >= 0.6 is 23.2 Å². The lowest BCUT2D eigenvalue weighted by atomic mass is 10.1. The molecule has 0 fully saturated rings. The number of nitrogens with zero attached hydrogens (tertiary/aromatic N) is 1. The minimum atomic E-state index is -0.384. The number of halogens is 2. The molecular formula is C20H21Cl2N3O4. The van der Waals surface area contributed by atoms with Crippen molar-refractivity contribution in [3.63, 3.8) is 0 Å². The lowest BCUT2D eigenvalue weighted by Crippen LogP contribution is -2.31. The molecule has 0 spiro atoms. The van der Waals surface area contributed by atoms with Crippen molar-refractivity contribution in [2.75, 3.05) is 19.8 Å². The first kappa shape index (κ1) is 22.7. The third kappa shape index (κ3) is 7.73. The summed E-state index contributed by atoms with van der Waals surface area (Å²) in [5.74, 6) is -0.305. The number of aliphatic hydroxyl groups is 1. The Kier molecular flexibility index (Phi) is 8.92. The first-order chi connectivity index (χ1) is 13.9. The van der Waals surface area contributed by atoms with Gasteiger partial charge < -0.3 is 20.5 Å². The van der Waals surface area contributed by atoms with Crippen molar-refractivity contribution in [2.45, 2.75) is 12.8 Å². The summed E-state index contributed by atoms with van der Waals surface area (Å²) in [6.07, 6.45) is 2.32. The second-order valence-electron chi connectivity index (χ2n) is 6.05. The molecule has 9 heteroatoms. The number of nitrogens with one attached hydrogen (secondary N) is 2. The Balaban J connectivity index is 1.70. The maximum absolute atomic E-state index is 12.1. The van der Waals surface area contributed by atoms with Gasteiger partial charge in [0.1, 0.15) is 11.4 Å². The van der Waals surface area contributed by atoms with Crippen LogP contribution in [0.5, 0.6) is 5.75 Å². The van der Waals surface area contributed by atoms with Gasteiger partial charge in [-0.1, -0.05) is 29.8 Å². The zero-order chi connectivity index (χ0) is 21.2. The molecule has 0 aliphatic heterocycles. The van der Waals surface area contributed by atoms with Crippen LogP contribution in [0.2, 0.25) is 10.0 Å². The highest BCUT2D eigenvalue weighted by atomic mass is 35.5. The summed E-state index contributed by atoms with van der Waals surface area (Å²) in [4.78, 5) is 28.1. The van der Waals surface area contributed by atoms with Crippen LogP contribution in [0, 0.1) is 0 Å². The topological polar surface area (TPSA) is 101 Å². The number of carbonyl (C=O) groups excluding carboxylic acids is 2. The van der Waals surface area contributed by atoms with Gasteiger partial charge in [0.25, 0.3) is 11.8 Å². The van der Waals surface area contributed by atoms with Crippen LogP contribution in [0.25, 0.3) is 0 Å². The van der Waals surface area contributed by atoms with Crippen molar-refractivity contribution in [1.82, 2.24) is 15.6 Å². The van der Waals surface area contributed by atoms with E-state index in [1.54, 1.807) is 24.3 Å². The van der Waals surface area contributed by atoms with Gasteiger partial charge in [-0.3, -0.25) is 14.6 Å². The Bertz CT molecular complexity index is 890. The molecule has 2 rings (SSSR count). The molecular weight excluding hydrogens is 417 g/mol. The van der Waals surface area contributed by atoms with Gasteiger partial charge in [-0.2, -0.15) is 0 Å². The van der Waals surface area contributed by atoms with E-state index in [4.69, 9.17) is 33.0 Å². The minimum Gasteiger partial charge on any atom is -0.484 e. The summed E-state index contributed by atoms with van der Waals surface area (Å²) < 4.78 is 5.34. The second kappa shape index (κ2) is 11.4. The Morgan fingerprint density at radius 2 is 1.97 bits per heavy atom. The first-order valence-electron chi connectivity index (χ1n) is 8.78. The summed E-state index contributed by atoms with van der Waals surface area (Å²) >= 11 is 11.7. The number of benzene rings is 1. The molecule has 2 amide bonds. The molecule has 0 aliphatic rings. The molecule has 0 aliphatic carbocycles. The van der Waals surface area contributed by atoms with E-state index in [2.05, 4.69) is 22.2 Å². The van der Waals surface area contributed by atoms with Gasteiger partial charge in [0.15, 0.2) is 6.61 Å². The normalized spacial score (nSPS) is 10.3. The van der Waals surface area contributed by atoms with E-state index in [-0.39, 0.29) is 37.3 Å². The molecule has 1 aromatic heterocycles. The van der Waals surface area contributed by atoms with Gasteiger partial charge in [-0.15, -0.1) is 0 Å². The van der Waals surface area contributed by atoms with Crippen molar-refractivity contribution in [1.29, 1.82) is 0 Å². The zero-order valence-electron chi connectivity index (χ0n) is 15.6. The molecule has 1 aromatic carbocycles. The van der Waals surface area contributed by atoms with Crippen LogP contribution in [0.15, 0.2) is 48.8 Å². The standard InChI is InChI=1S/C20H21Cl2N3O4/c1-13(25-19(27)12-29-15-2-3-16(21)17(22)11-15)4-7-24-20(28)18-10-14(6-9-26)5-8-23-18/h2-3,5,8,10-11,26H,1,4,6-7,9,12H2,(H,24,28)(H,25,27). The lowest BCUT2D eigenvalue weighted by molar-refractivity contribution is -0.122. The highest BCUT2D eigenvalue weighted by Crippen LogP contribution is 2.26. The molecule has 154 valence electrons. The molecule has 2 aromatic rings. The quantitative estimate of drug-likeness (QED) is 0.530. The lowest BCUT2D eigenvalue weighted by Gasteiger charge is -2.11. The summed E-state index contributed by atoms with van der Waals surface area (Å²) in [5.41, 5.74) is 1.53. The summed E-state index contributed by atoms with van der Waals surface area (Å²) in [6.45, 7) is 3.82. The number of amides is 2. The van der Waals surface area contributed by atoms with Gasteiger partial charge in [0, 0.05) is 37.5 Å². The second-order valence-corrected chi connectivity index (χ2v) is 6.86. The fourth-order valence-corrected chi connectivity index (χ4v) is 2.60. The minimum absolute atomic E-state index is 0.000628. The molecule has 1 heterocycles. The largest absolute Gasteiger partial charge is 0.484 e. The number of ether oxygens (including phenoxy) is 1. The maximum Gasteiger partial charge on any atom is 0.269 e. The SMILES string of the molecule is C=C(CCNC(=O)c1cc(CCO)ccn1)NC(=O)COc1ccc(Cl)c(Cl)c1. The Morgan fingerprint density at radius 1 is 1.17 bits per heavy atom. The van der Waals surface area contributed by atoms with Crippen LogP contribution in [-0.2, 0) is 11.2 Å². The highest BCUT2D eigenvalue weighted by Gasteiger charge is 2.09. The molecule has 3 N–H and O–H groups in total. The third-order valence-corrected chi connectivity index (χ3v) is 4.49. The van der Waals surface area contributed by atoms with Crippen LogP contribution in [-0.4, -0.2) is 41.7 Å². The fraction of sp³-hybridized carbons (Fsp3) is 0.250. The molecule has 7 nitrogen and oxygen atoms in total. The number of hydrogen-bond acceptors (Lipinski definition) is 5. The van der Waals surface area contributed by atoms with E-state index in [0.717, 1.165) is 5.56 Å². The maximum atomic E-state index is 12.1. The van der Waals surface area contributed by atoms with E-state index in [1.165, 1.54) is 12.3 Å². The number of hydrogen-bond donors (Lipinski definition) is 3. The average molecular weight is 438 g/mol. The van der Waals surface area contributed by atoms with E-state index in [0.29, 0.717) is 34.3 Å². The molecule has 29 heavy (non-hydrogen) atoms. The molecule has 0 unspecified atom stereocenters. The summed E-state index contributed by atoms with van der Waals surface area (Å²) in [5, 5.41) is 15.0. The third-order valence-electron chi connectivity index (χ3n) is 3.75. The summed E-state index contributed by atoms with van der Waals surface area (Å²) in [6, 6.07) is 8.07. The van der Waals surface area contributed by atoms with E-state index >= 15 is 0 Å². The monoisotopic (exact) mass is 437 g/mol. The fourth-order valence-electron chi connectivity index (χ4n) is 2.31. The van der Waals surface area contributed by atoms with E-state index in [1.807, 2.05) is 0 Å². The van der Waals surface area contributed by atoms with Crippen LogP contribution in [0.1, 0.15) is 22.5 Å². The van der Waals surface area contributed by atoms with Gasteiger partial charge in [0.05, 0.1) is 10.0 Å². The predicted molar refractivity (Wildman–Crippen MR) is 111 cm³/mol. The Labute approximate surface area is 178 Å². The van der Waals surface area contributed by atoms with Crippen molar-refractivity contribution in [3.8, 4) is 5.75 Å². The summed E-state index contributed by atoms with van der Waals surface area (Å²) in [7, 11) is 0. The van der Waals surface area contributed by atoms with E-state index in [9.17, 15) is 9.59 Å². The number of carbonyl (C=O) groups is 2.